The molecule has 6 nitrogen and oxygen atoms in total. The second-order valence-corrected chi connectivity index (χ2v) is 14.2. The minimum absolute atomic E-state index is 0.0351. The van der Waals surface area contributed by atoms with Gasteiger partial charge in [-0.1, -0.05) is 34.1 Å². The van der Waals surface area contributed by atoms with E-state index in [-0.39, 0.29) is 41.4 Å². The van der Waals surface area contributed by atoms with Crippen LogP contribution in [0.4, 0.5) is 0 Å². The largest absolute Gasteiger partial charge is 0.396 e. The van der Waals surface area contributed by atoms with Gasteiger partial charge in [0.2, 0.25) is 0 Å². The van der Waals surface area contributed by atoms with Gasteiger partial charge in [-0.05, 0) is 86.5 Å². The lowest BCUT2D eigenvalue weighted by Gasteiger charge is -2.57. The molecule has 2 saturated carbocycles. The standard InChI is InChI=1S/C26H41N3O3S2/c1-24-8-11-33-34-16-25(7-9-28-23(27)29-25)6-2-4-19-21-13-18(24)12-17(15-31)20(5-3-10-30)26(21,24)14-22(19)32/h17-18,20,30-31H,2-16H2,1H3,(H3,27,28,29)/t17-,18-,20-,24+,25+,26+/m1/s1. The second kappa shape index (κ2) is 9.64. The van der Waals surface area contributed by atoms with Gasteiger partial charge in [-0.3, -0.25) is 9.79 Å². The van der Waals surface area contributed by atoms with Crippen LogP contribution < -0.4 is 11.1 Å². The van der Waals surface area contributed by atoms with Crippen molar-refractivity contribution in [1.29, 1.82) is 0 Å². The molecule has 2 aliphatic heterocycles. The van der Waals surface area contributed by atoms with Crippen LogP contribution >= 0.6 is 21.6 Å². The Labute approximate surface area is 211 Å². The highest BCUT2D eigenvalue weighted by molar-refractivity contribution is 8.76. The van der Waals surface area contributed by atoms with Crippen molar-refractivity contribution in [2.75, 3.05) is 31.3 Å². The molecule has 2 fully saturated rings. The van der Waals surface area contributed by atoms with Crippen molar-refractivity contribution < 1.29 is 15.0 Å². The number of nitrogens with one attached hydrogen (secondary N) is 1. The molecule has 0 aromatic rings. The van der Waals surface area contributed by atoms with Crippen LogP contribution in [0.5, 0.6) is 0 Å². The van der Waals surface area contributed by atoms with Crippen LogP contribution in [0.1, 0.15) is 71.1 Å². The first kappa shape index (κ1) is 25.0. The zero-order valence-electron chi connectivity index (χ0n) is 20.5. The van der Waals surface area contributed by atoms with Crippen LogP contribution in [-0.2, 0) is 4.79 Å². The highest BCUT2D eigenvalue weighted by Gasteiger charge is 2.69. The van der Waals surface area contributed by atoms with Crippen LogP contribution in [0.2, 0.25) is 0 Å². The maximum Gasteiger partial charge on any atom is 0.189 e. The molecule has 5 aliphatic rings. The predicted octanol–water partition coefficient (Wildman–Crippen LogP) is 3.67. The number of allylic oxidation sites excluding steroid dienone is 2. The predicted molar refractivity (Wildman–Crippen MR) is 141 cm³/mol. The van der Waals surface area contributed by atoms with Crippen molar-refractivity contribution in [2.45, 2.75) is 76.7 Å². The average molecular weight is 508 g/mol. The normalized spacial score (nSPS) is 42.6. The number of rotatable bonds is 4. The van der Waals surface area contributed by atoms with Gasteiger partial charge in [-0.25, -0.2) is 0 Å². The van der Waals surface area contributed by atoms with E-state index in [1.807, 2.05) is 21.6 Å². The van der Waals surface area contributed by atoms with Crippen molar-refractivity contribution in [1.82, 2.24) is 5.32 Å². The first-order valence-electron chi connectivity index (χ1n) is 13.2. The van der Waals surface area contributed by atoms with E-state index in [1.165, 1.54) is 5.57 Å². The molecule has 34 heavy (non-hydrogen) atoms. The number of hydrogen-bond acceptors (Lipinski definition) is 8. The van der Waals surface area contributed by atoms with E-state index >= 15 is 0 Å². The number of aliphatic hydroxyl groups is 2. The Morgan fingerprint density at radius 1 is 1.24 bits per heavy atom. The number of aliphatic imine (C=N–C) groups is 1. The molecule has 0 aromatic carbocycles. The summed E-state index contributed by atoms with van der Waals surface area (Å²) >= 11 is 0. The number of aliphatic hydroxyl groups excluding tert-OH is 2. The summed E-state index contributed by atoms with van der Waals surface area (Å²) < 4.78 is 0. The molecule has 5 rings (SSSR count). The third-order valence-corrected chi connectivity index (χ3v) is 12.8. The number of nitrogens with zero attached hydrogens (tertiary/aromatic N) is 1. The molecule has 2 spiro atoms. The fourth-order valence-electron chi connectivity index (χ4n) is 8.56. The summed E-state index contributed by atoms with van der Waals surface area (Å²) in [6, 6.07) is 0. The number of guanidine groups is 1. The fraction of sp³-hybridized carbons (Fsp3) is 0.846. The topological polar surface area (TPSA) is 108 Å². The Hall–Kier alpha value is -0.700. The van der Waals surface area contributed by atoms with Gasteiger partial charge in [0.15, 0.2) is 11.7 Å². The minimum Gasteiger partial charge on any atom is -0.396 e. The summed E-state index contributed by atoms with van der Waals surface area (Å²) in [5, 5.41) is 23.5. The van der Waals surface area contributed by atoms with Crippen LogP contribution in [0, 0.1) is 28.6 Å². The van der Waals surface area contributed by atoms with Crippen LogP contribution in [0.15, 0.2) is 16.1 Å². The van der Waals surface area contributed by atoms with Gasteiger partial charge in [-0.2, -0.15) is 0 Å². The lowest BCUT2D eigenvalue weighted by molar-refractivity contribution is -0.125. The Morgan fingerprint density at radius 2 is 2.09 bits per heavy atom. The molecular weight excluding hydrogens is 466 g/mol. The zero-order valence-corrected chi connectivity index (χ0v) is 22.1. The van der Waals surface area contributed by atoms with Crippen LogP contribution in [-0.4, -0.2) is 58.8 Å². The van der Waals surface area contributed by atoms with Gasteiger partial charge in [0.1, 0.15) is 0 Å². The molecular formula is C26H41N3O3S2. The average Bonchev–Trinajstić information content (AvgIpc) is 3.14. The molecule has 8 heteroatoms. The maximum absolute atomic E-state index is 13.7. The number of carbonyl (C=O) groups excluding carboxylic acids is 1. The van der Waals surface area contributed by atoms with E-state index in [4.69, 9.17) is 5.73 Å². The summed E-state index contributed by atoms with van der Waals surface area (Å²) in [4.78, 5) is 18.0. The number of carbonyl (C=O) groups is 1. The molecule has 5 N–H and O–H groups in total. The third kappa shape index (κ3) is 3.86. The molecule has 2 heterocycles. The summed E-state index contributed by atoms with van der Waals surface area (Å²) in [6.07, 6.45) is 9.31. The number of ketones is 1. The summed E-state index contributed by atoms with van der Waals surface area (Å²) in [6.45, 7) is 3.61. The molecule has 0 radical (unpaired) electrons. The van der Waals surface area contributed by atoms with E-state index in [0.717, 1.165) is 81.4 Å². The molecule has 5 bridgehead atoms. The van der Waals surface area contributed by atoms with Gasteiger partial charge < -0.3 is 21.3 Å². The van der Waals surface area contributed by atoms with Crippen LogP contribution in [0.25, 0.3) is 0 Å². The minimum atomic E-state index is -0.123. The summed E-state index contributed by atoms with van der Waals surface area (Å²) in [7, 11) is 3.94. The Kier molecular flexibility index (Phi) is 7.08. The Morgan fingerprint density at radius 3 is 2.85 bits per heavy atom. The van der Waals surface area contributed by atoms with E-state index in [1.54, 1.807) is 0 Å². The maximum atomic E-state index is 13.7. The van der Waals surface area contributed by atoms with Crippen molar-refractivity contribution >= 4 is 33.3 Å². The van der Waals surface area contributed by atoms with Crippen molar-refractivity contribution in [3.05, 3.63) is 11.1 Å². The van der Waals surface area contributed by atoms with Crippen molar-refractivity contribution in [3.63, 3.8) is 0 Å². The van der Waals surface area contributed by atoms with Gasteiger partial charge in [0.05, 0.1) is 5.54 Å². The van der Waals surface area contributed by atoms with Crippen molar-refractivity contribution in [2.24, 2.45) is 39.3 Å². The Bertz CT molecular complexity index is 879. The zero-order chi connectivity index (χ0) is 24.0. The van der Waals surface area contributed by atoms with E-state index in [0.29, 0.717) is 24.1 Å². The molecule has 0 unspecified atom stereocenters. The smallest absolute Gasteiger partial charge is 0.189 e. The lowest BCUT2D eigenvalue weighted by atomic mass is 9.47. The quantitative estimate of drug-likeness (QED) is 0.430. The van der Waals surface area contributed by atoms with E-state index in [9.17, 15) is 15.0 Å². The SMILES string of the molecule is C[C@]12CCSSC[C@]3(CCCC4=C5C[C@H]1C[C@H](CO)[C@@H](CCCO)[C@@]52CC4=O)CCN=C(N)N3. The molecule has 6 atom stereocenters. The molecule has 190 valence electrons. The lowest BCUT2D eigenvalue weighted by Crippen LogP contribution is -2.56. The van der Waals surface area contributed by atoms with Crippen molar-refractivity contribution in [3.8, 4) is 0 Å². The molecule has 0 aromatic heterocycles. The highest BCUT2D eigenvalue weighted by Crippen LogP contribution is 2.75. The van der Waals surface area contributed by atoms with Gasteiger partial charge in [0.25, 0.3) is 0 Å². The van der Waals surface area contributed by atoms with E-state index in [2.05, 4.69) is 17.2 Å². The first-order valence-corrected chi connectivity index (χ1v) is 15.7. The number of nitrogens with two attached hydrogens (primary N) is 1. The highest BCUT2D eigenvalue weighted by atomic mass is 33.1. The number of hydrogen-bond donors (Lipinski definition) is 4. The molecule has 3 aliphatic carbocycles. The first-order chi connectivity index (χ1) is 16.4. The second-order valence-electron chi connectivity index (χ2n) is 11.6. The van der Waals surface area contributed by atoms with E-state index < -0.39 is 0 Å². The van der Waals surface area contributed by atoms with Gasteiger partial charge in [-0.15, -0.1) is 0 Å². The van der Waals surface area contributed by atoms with Gasteiger partial charge >= 0.3 is 0 Å². The summed E-state index contributed by atoms with van der Waals surface area (Å²) in [5.41, 5.74) is 8.59. The fourth-order valence-corrected chi connectivity index (χ4v) is 11.4. The molecule has 0 amide bonds. The number of Topliss-reactive ketones (excluding diaryl/α,β-unsaturated/α-hetero) is 1. The van der Waals surface area contributed by atoms with Crippen LogP contribution in [0.3, 0.4) is 0 Å². The summed E-state index contributed by atoms with van der Waals surface area (Å²) in [5.74, 6) is 4.07. The third-order valence-electron chi connectivity index (χ3n) is 10.2. The monoisotopic (exact) mass is 507 g/mol. The van der Waals surface area contributed by atoms with Gasteiger partial charge in [0, 0.05) is 43.1 Å². The Balaban J connectivity index is 1.52. The molecule has 0 saturated heterocycles.